The summed E-state index contributed by atoms with van der Waals surface area (Å²) >= 11 is 0. The van der Waals surface area contributed by atoms with Gasteiger partial charge in [-0.3, -0.25) is 11.3 Å². The van der Waals surface area contributed by atoms with Gasteiger partial charge in [0.2, 0.25) is 0 Å². The summed E-state index contributed by atoms with van der Waals surface area (Å²) in [5.74, 6) is 4.60. The van der Waals surface area contributed by atoms with Gasteiger partial charge in [-0.25, -0.2) is 0 Å². The van der Waals surface area contributed by atoms with Crippen molar-refractivity contribution in [1.29, 1.82) is 0 Å². The number of anilines is 1. The van der Waals surface area contributed by atoms with Crippen LogP contribution in [0.2, 0.25) is 0 Å². The summed E-state index contributed by atoms with van der Waals surface area (Å²) in [7, 11) is 2.65. The summed E-state index contributed by atoms with van der Waals surface area (Å²) in [5.41, 5.74) is 23.6. The molecule has 7 aromatic carbocycles. The Bertz CT molecular complexity index is 2550. The van der Waals surface area contributed by atoms with Crippen LogP contribution < -0.4 is 17.0 Å². The fraction of sp³-hybridized carbons (Fsp3) is 0.186. The summed E-state index contributed by atoms with van der Waals surface area (Å²) in [6.45, 7) is 7.90. The summed E-state index contributed by atoms with van der Waals surface area (Å²) in [5, 5.41) is 9.60. The number of rotatable bonds is 10. The number of hydrazine groups is 1. The number of hydrogen-bond donors (Lipinski definition) is 4. The van der Waals surface area contributed by atoms with E-state index in [0.29, 0.717) is 0 Å². The Balaban J connectivity index is 0.000000241. The number of nitrogens with two attached hydrogens (primary N) is 2. The molecule has 2 aliphatic rings. The minimum Gasteiger partial charge on any atom is -0.400 e. The van der Waals surface area contributed by atoms with Crippen LogP contribution in [0.4, 0.5) is 5.69 Å². The number of nitrogen functional groups attached to an aromatic ring is 1. The fourth-order valence-electron chi connectivity index (χ4n) is 8.47. The molecule has 0 fully saturated rings. The lowest BCUT2D eigenvalue weighted by atomic mass is 9.67. The maximum absolute atomic E-state index is 7.00. The molecule has 0 aromatic heterocycles. The van der Waals surface area contributed by atoms with Crippen molar-refractivity contribution in [2.45, 2.75) is 57.8 Å². The molecular weight excluding hydrogens is 767 g/mol. The molecule has 0 spiro atoms. The van der Waals surface area contributed by atoms with Gasteiger partial charge in [-0.2, -0.15) is 0 Å². The quantitative estimate of drug-likeness (QED) is 0.0364. The van der Waals surface area contributed by atoms with E-state index < -0.39 is 0 Å². The molecule has 63 heavy (non-hydrogen) atoms. The van der Waals surface area contributed by atoms with Gasteiger partial charge in [-0.1, -0.05) is 189 Å². The number of aliphatic hydroxyl groups excluding tert-OH is 1. The van der Waals surface area contributed by atoms with Crippen LogP contribution in [0, 0.1) is 0 Å². The van der Waals surface area contributed by atoms with E-state index in [2.05, 4.69) is 194 Å². The van der Waals surface area contributed by atoms with Crippen molar-refractivity contribution in [2.75, 3.05) is 19.9 Å². The Morgan fingerprint density at radius 3 is 1.79 bits per heavy atom. The van der Waals surface area contributed by atoms with Crippen LogP contribution in [0.25, 0.3) is 44.2 Å². The average Bonchev–Trinajstić information content (AvgIpc) is 3.62. The summed E-state index contributed by atoms with van der Waals surface area (Å²) < 4.78 is 0. The van der Waals surface area contributed by atoms with Crippen molar-refractivity contribution >= 4 is 16.5 Å². The van der Waals surface area contributed by atoms with Crippen LogP contribution >= 0.6 is 0 Å². The predicted octanol–water partition coefficient (Wildman–Crippen LogP) is 14.2. The normalized spacial score (nSPS) is 14.2. The second kappa shape index (κ2) is 24.8. The molecule has 0 bridgehead atoms. The Hall–Kier alpha value is -6.56. The molecule has 0 heterocycles. The highest BCUT2D eigenvalue weighted by atomic mass is 16.2. The molecule has 0 amide bonds. The van der Waals surface area contributed by atoms with Crippen molar-refractivity contribution in [3.05, 3.63) is 235 Å². The number of fused-ring (bicyclic) bond motifs is 4. The molecule has 4 nitrogen and oxygen atoms in total. The molecule has 0 aliphatic heterocycles. The van der Waals surface area contributed by atoms with Gasteiger partial charge in [0, 0.05) is 18.2 Å². The Labute approximate surface area is 377 Å². The zero-order valence-corrected chi connectivity index (χ0v) is 37.6. The minimum absolute atomic E-state index is 0.187. The van der Waals surface area contributed by atoms with E-state index in [9.17, 15) is 0 Å². The van der Waals surface area contributed by atoms with Crippen LogP contribution in [0.5, 0.6) is 0 Å². The van der Waals surface area contributed by atoms with Crippen LogP contribution in [0.15, 0.2) is 212 Å². The third-order valence-corrected chi connectivity index (χ3v) is 11.4. The highest BCUT2D eigenvalue weighted by Gasteiger charge is 2.45. The van der Waals surface area contributed by atoms with E-state index in [1.165, 1.54) is 72.0 Å². The summed E-state index contributed by atoms with van der Waals surface area (Å²) in [6, 6.07) is 58.9. The monoisotopic (exact) mass is 832 g/mol. The van der Waals surface area contributed by atoms with Crippen molar-refractivity contribution in [1.82, 2.24) is 5.43 Å². The standard InChI is InChI=1S/C36H33N.C19H16.C2H6.CH6N2.CH4O/c1-2-3-4-5-11-22-36(30-14-7-6-8-15-30)34-25-29(26-16-19-31(37)20-17-26)18-21-32(34)33-23-27-12-9-10-13-28(27)24-35(33)36;1-3-7-16(8-4-1)15-17-11-13-19(14-12-17)18-9-5-2-6-10-18;1-2;1-3-2;1-2/h2,5-7,9-14,16-21,23-25H,1,3-4,8,15,22,37H2;1-14H,15H2;1-2H3;3H,2H2,1H3;2H,1H3/b11-5-;;;;. The molecule has 0 saturated carbocycles. The zero-order valence-electron chi connectivity index (χ0n) is 37.6. The largest absolute Gasteiger partial charge is 0.400 e. The molecule has 1 atom stereocenters. The molecule has 1 unspecified atom stereocenters. The van der Waals surface area contributed by atoms with Gasteiger partial charge in [-0.15, -0.1) is 6.58 Å². The third kappa shape index (κ3) is 11.9. The maximum Gasteiger partial charge on any atom is 0.0461 e. The Morgan fingerprint density at radius 2 is 1.16 bits per heavy atom. The van der Waals surface area contributed by atoms with Crippen molar-refractivity contribution in [2.24, 2.45) is 5.84 Å². The molecule has 0 saturated heterocycles. The van der Waals surface area contributed by atoms with E-state index in [4.69, 9.17) is 10.8 Å². The highest BCUT2D eigenvalue weighted by Crippen LogP contribution is 2.57. The lowest BCUT2D eigenvalue weighted by Gasteiger charge is -2.35. The number of allylic oxidation sites excluding steroid dienone is 7. The average molecular weight is 832 g/mol. The molecule has 322 valence electrons. The van der Waals surface area contributed by atoms with Gasteiger partial charge in [0.05, 0.1) is 0 Å². The van der Waals surface area contributed by atoms with Crippen LogP contribution in [-0.2, 0) is 11.8 Å². The maximum atomic E-state index is 7.00. The van der Waals surface area contributed by atoms with E-state index in [1.807, 2.05) is 38.1 Å². The first kappa shape index (κ1) is 47.5. The van der Waals surface area contributed by atoms with Crippen molar-refractivity contribution in [3.63, 3.8) is 0 Å². The SMILES string of the molecule is C=CCC/C=C\CC1(C2=CC=CCC2)c2cc(-c3ccc(N)cc3)ccc2-c2cc3ccccc3cc21.CC.CNN.CO.c1ccc(Cc2ccc(-c3ccccc3)cc2)cc1. The molecule has 9 rings (SSSR count). The predicted molar refractivity (Wildman–Crippen MR) is 274 cm³/mol. The fourth-order valence-corrected chi connectivity index (χ4v) is 8.47. The number of unbranched alkanes of at least 4 members (excludes halogenated alkanes) is 1. The minimum atomic E-state index is -0.187. The molecule has 7 aromatic rings. The van der Waals surface area contributed by atoms with Crippen LogP contribution in [0.1, 0.15) is 68.2 Å². The van der Waals surface area contributed by atoms with Gasteiger partial charge >= 0.3 is 0 Å². The van der Waals surface area contributed by atoms with Gasteiger partial charge in [0.15, 0.2) is 0 Å². The number of nitrogens with one attached hydrogen (secondary N) is 1. The van der Waals surface area contributed by atoms with Crippen molar-refractivity contribution < 1.29 is 5.11 Å². The van der Waals surface area contributed by atoms with Crippen LogP contribution in [-0.4, -0.2) is 19.3 Å². The molecule has 2 aliphatic carbocycles. The first-order valence-corrected chi connectivity index (χ1v) is 22.2. The molecular formula is C59H65N3O. The van der Waals surface area contributed by atoms with Crippen LogP contribution in [0.3, 0.4) is 0 Å². The summed E-state index contributed by atoms with van der Waals surface area (Å²) in [6.07, 6.45) is 19.8. The van der Waals surface area contributed by atoms with E-state index in [0.717, 1.165) is 51.3 Å². The first-order valence-electron chi connectivity index (χ1n) is 22.2. The number of hydrogen-bond acceptors (Lipinski definition) is 4. The van der Waals surface area contributed by atoms with E-state index >= 15 is 0 Å². The van der Waals surface area contributed by atoms with Gasteiger partial charge in [-0.05, 0) is 142 Å². The molecule has 0 radical (unpaired) electrons. The molecule has 6 N–H and O–H groups in total. The number of aliphatic hydroxyl groups is 1. The lowest BCUT2D eigenvalue weighted by Crippen LogP contribution is -2.28. The molecule has 4 heteroatoms. The Morgan fingerprint density at radius 1 is 0.619 bits per heavy atom. The second-order valence-electron chi connectivity index (χ2n) is 15.2. The second-order valence-corrected chi connectivity index (χ2v) is 15.2. The van der Waals surface area contributed by atoms with E-state index in [-0.39, 0.29) is 5.41 Å². The Kier molecular flexibility index (Phi) is 18.7. The topological polar surface area (TPSA) is 84.3 Å². The first-order chi connectivity index (χ1) is 31.0. The van der Waals surface area contributed by atoms with Gasteiger partial charge < -0.3 is 10.8 Å². The van der Waals surface area contributed by atoms with Gasteiger partial charge in [0.1, 0.15) is 0 Å². The summed E-state index contributed by atoms with van der Waals surface area (Å²) in [4.78, 5) is 0. The van der Waals surface area contributed by atoms with Crippen molar-refractivity contribution in [3.8, 4) is 33.4 Å². The highest BCUT2D eigenvalue weighted by molar-refractivity contribution is 5.95. The lowest BCUT2D eigenvalue weighted by molar-refractivity contribution is 0.399. The smallest absolute Gasteiger partial charge is 0.0461 e. The number of benzene rings is 7. The van der Waals surface area contributed by atoms with E-state index in [1.54, 1.807) is 7.05 Å². The van der Waals surface area contributed by atoms with Gasteiger partial charge in [0.25, 0.3) is 0 Å². The third-order valence-electron chi connectivity index (χ3n) is 11.4. The zero-order chi connectivity index (χ0) is 44.9.